The Kier molecular flexibility index (Phi) is 14.7. The van der Waals surface area contributed by atoms with Crippen LogP contribution in [0.15, 0.2) is 133 Å². The Morgan fingerprint density at radius 1 is 0.531 bits per heavy atom. The molecule has 0 aliphatic carbocycles. The standard InChI is InChI=1S/2C17H13FN2O.C9H9IN2O.C8H5F/c18-13-6-4-11(5-7-13)15-10-12-2-1-3-14-16(12)20(15)9-8-19-17(14)21;18-14-8-5-12(6-9-14)4-7-13-2-1-3-15-16(13)19-10-11-20-17(15)21;10-7-3-1-2-6-8(7)11-4-5-12-9(6)13;1-2-7-3-5-8(9)6-4-7/h1-7,10H,8-9H2,(H,19,21);1-3,5-6,8-9,19H,10-11H2,(H,20,21);1-3,11H,4-5H2,(H,12,13);1,3-6H. The Labute approximate surface area is 382 Å². The van der Waals surface area contributed by atoms with Crippen LogP contribution in [0.5, 0.6) is 0 Å². The maximum atomic E-state index is 13.1. The molecule has 3 amide bonds. The first-order valence-electron chi connectivity index (χ1n) is 20.2. The number of halogens is 4. The van der Waals surface area contributed by atoms with Gasteiger partial charge in [-0.2, -0.15) is 0 Å². The first kappa shape index (κ1) is 44.6. The number of hydrogen-bond donors (Lipinski definition) is 5. The smallest absolute Gasteiger partial charge is 0.253 e. The van der Waals surface area contributed by atoms with Crippen LogP contribution in [0.3, 0.4) is 0 Å². The highest BCUT2D eigenvalue weighted by atomic mass is 127. The van der Waals surface area contributed by atoms with Crippen LogP contribution in [0.2, 0.25) is 0 Å². The lowest BCUT2D eigenvalue weighted by Crippen LogP contribution is -2.24. The summed E-state index contributed by atoms with van der Waals surface area (Å²) in [5, 5.41) is 16.0. The third-order valence-electron chi connectivity index (χ3n) is 10.1. The second-order valence-corrected chi connectivity index (χ2v) is 15.5. The fourth-order valence-electron chi connectivity index (χ4n) is 7.04. The Hall–Kier alpha value is -7.49. The number of nitrogens with one attached hydrogen (secondary N) is 5. The summed E-state index contributed by atoms with van der Waals surface area (Å²) in [6.07, 6.45) is 5.03. The maximum absolute atomic E-state index is 13.1. The second kappa shape index (κ2) is 21.1. The molecule has 320 valence electrons. The molecule has 6 aromatic carbocycles. The molecule has 0 radical (unpaired) electrons. The number of carbonyl (C=O) groups is 3. The lowest BCUT2D eigenvalue weighted by molar-refractivity contribution is 0.0949. The molecular weight excluding hydrogens is 928 g/mol. The summed E-state index contributed by atoms with van der Waals surface area (Å²) in [6.45, 7) is 4.01. The molecule has 64 heavy (non-hydrogen) atoms. The summed E-state index contributed by atoms with van der Waals surface area (Å²) in [5.41, 5.74) is 8.84. The number of nitrogens with zero attached hydrogens (tertiary/aromatic N) is 1. The van der Waals surface area contributed by atoms with E-state index in [9.17, 15) is 27.6 Å². The molecule has 5 N–H and O–H groups in total. The van der Waals surface area contributed by atoms with Crippen LogP contribution >= 0.6 is 22.6 Å². The van der Waals surface area contributed by atoms with E-state index < -0.39 is 0 Å². The average molecular weight is 969 g/mol. The van der Waals surface area contributed by atoms with Gasteiger partial charge in [0.1, 0.15) is 17.5 Å². The number of aromatic nitrogens is 1. The number of para-hydroxylation sites is 3. The van der Waals surface area contributed by atoms with Gasteiger partial charge in [0, 0.05) is 70.6 Å². The zero-order valence-corrected chi connectivity index (χ0v) is 36.4. The minimum absolute atomic E-state index is 0.0125. The van der Waals surface area contributed by atoms with Crippen molar-refractivity contribution in [3.8, 4) is 35.4 Å². The molecule has 0 fully saturated rings. The summed E-state index contributed by atoms with van der Waals surface area (Å²) < 4.78 is 41.4. The van der Waals surface area contributed by atoms with E-state index in [2.05, 4.69) is 77.6 Å². The Morgan fingerprint density at radius 3 is 1.67 bits per heavy atom. The molecule has 0 saturated carbocycles. The van der Waals surface area contributed by atoms with Crippen molar-refractivity contribution in [3.63, 3.8) is 0 Å². The van der Waals surface area contributed by atoms with E-state index in [1.54, 1.807) is 48.5 Å². The molecule has 0 unspecified atom stereocenters. The molecule has 3 aliphatic heterocycles. The first-order chi connectivity index (χ1) is 31.1. The summed E-state index contributed by atoms with van der Waals surface area (Å²) in [7, 11) is 0. The van der Waals surface area contributed by atoms with Gasteiger partial charge in [-0.15, -0.1) is 6.42 Å². The number of terminal acetylenes is 1. The van der Waals surface area contributed by atoms with E-state index in [1.807, 2.05) is 42.5 Å². The van der Waals surface area contributed by atoms with Gasteiger partial charge in [-0.25, -0.2) is 13.2 Å². The number of fused-ring (bicyclic) bond motifs is 2. The van der Waals surface area contributed by atoms with E-state index in [0.717, 1.165) is 60.3 Å². The lowest BCUT2D eigenvalue weighted by atomic mass is 10.1. The van der Waals surface area contributed by atoms with Gasteiger partial charge in [0.2, 0.25) is 0 Å². The number of anilines is 2. The van der Waals surface area contributed by atoms with Gasteiger partial charge >= 0.3 is 0 Å². The lowest BCUT2D eigenvalue weighted by Gasteiger charge is -2.09. The Morgan fingerprint density at radius 2 is 1.03 bits per heavy atom. The van der Waals surface area contributed by atoms with E-state index in [4.69, 9.17) is 6.42 Å². The first-order valence-corrected chi connectivity index (χ1v) is 21.3. The summed E-state index contributed by atoms with van der Waals surface area (Å²) in [4.78, 5) is 35.5. The van der Waals surface area contributed by atoms with Crippen LogP contribution in [0.4, 0.5) is 24.5 Å². The molecule has 10 rings (SSSR count). The van der Waals surface area contributed by atoms with Crippen LogP contribution in [0.25, 0.3) is 22.2 Å². The van der Waals surface area contributed by atoms with Gasteiger partial charge in [0.15, 0.2) is 0 Å². The molecule has 0 spiro atoms. The fourth-order valence-corrected chi connectivity index (χ4v) is 7.73. The normalized spacial score (nSPS) is 13.2. The van der Waals surface area contributed by atoms with Gasteiger partial charge in [-0.05, 0) is 137 Å². The Balaban J connectivity index is 0.000000134. The molecule has 13 heteroatoms. The highest BCUT2D eigenvalue weighted by Crippen LogP contribution is 2.31. The number of carbonyl (C=O) groups excluding carboxylic acids is 3. The van der Waals surface area contributed by atoms with Crippen molar-refractivity contribution in [2.24, 2.45) is 0 Å². The summed E-state index contributed by atoms with van der Waals surface area (Å²) >= 11 is 2.23. The summed E-state index contributed by atoms with van der Waals surface area (Å²) in [5.74, 6) is 7.50. The molecular formula is C51H40F3IN6O3. The average Bonchev–Trinajstić information content (AvgIpc) is 3.41. The van der Waals surface area contributed by atoms with Crippen molar-refractivity contribution >= 4 is 62.6 Å². The maximum Gasteiger partial charge on any atom is 0.253 e. The number of rotatable bonds is 1. The van der Waals surface area contributed by atoms with Gasteiger partial charge in [0.25, 0.3) is 17.7 Å². The van der Waals surface area contributed by atoms with Crippen LogP contribution in [-0.2, 0) is 6.54 Å². The van der Waals surface area contributed by atoms with Crippen molar-refractivity contribution < 1.29 is 27.6 Å². The zero-order valence-electron chi connectivity index (χ0n) is 34.2. The van der Waals surface area contributed by atoms with Gasteiger partial charge in [0.05, 0.1) is 33.6 Å². The van der Waals surface area contributed by atoms with Crippen molar-refractivity contribution in [2.75, 3.05) is 43.4 Å². The van der Waals surface area contributed by atoms with Crippen molar-refractivity contribution in [1.29, 1.82) is 0 Å². The van der Waals surface area contributed by atoms with Crippen molar-refractivity contribution in [2.45, 2.75) is 6.54 Å². The van der Waals surface area contributed by atoms with Crippen LogP contribution in [0.1, 0.15) is 47.8 Å². The molecule has 9 nitrogen and oxygen atoms in total. The highest BCUT2D eigenvalue weighted by Gasteiger charge is 2.21. The third kappa shape index (κ3) is 10.9. The van der Waals surface area contributed by atoms with E-state index >= 15 is 0 Å². The number of hydrogen-bond acceptors (Lipinski definition) is 5. The van der Waals surface area contributed by atoms with Crippen molar-refractivity contribution in [3.05, 3.63) is 188 Å². The van der Waals surface area contributed by atoms with Gasteiger partial charge in [-0.3, -0.25) is 14.4 Å². The topological polar surface area (TPSA) is 116 Å². The predicted octanol–water partition coefficient (Wildman–Crippen LogP) is 8.83. The molecule has 1 aromatic heterocycles. The highest BCUT2D eigenvalue weighted by molar-refractivity contribution is 14.1. The van der Waals surface area contributed by atoms with Crippen LogP contribution in [0, 0.1) is 45.2 Å². The molecule has 0 bridgehead atoms. The number of amides is 3. The minimum atomic E-state index is -0.285. The van der Waals surface area contributed by atoms with E-state index in [1.165, 1.54) is 36.4 Å². The largest absolute Gasteiger partial charge is 0.382 e. The molecule has 0 saturated heterocycles. The van der Waals surface area contributed by atoms with Crippen LogP contribution < -0.4 is 26.6 Å². The van der Waals surface area contributed by atoms with Gasteiger partial charge in [-0.1, -0.05) is 42.0 Å². The Bertz CT molecular complexity index is 2940. The molecule has 0 atom stereocenters. The fraction of sp³-hybridized carbons (Fsp3) is 0.118. The van der Waals surface area contributed by atoms with Crippen molar-refractivity contribution in [1.82, 2.24) is 20.5 Å². The molecule has 7 aromatic rings. The monoisotopic (exact) mass is 968 g/mol. The summed E-state index contributed by atoms with van der Waals surface area (Å²) in [6, 6.07) is 37.2. The molecule has 3 aliphatic rings. The third-order valence-corrected chi connectivity index (χ3v) is 11.0. The van der Waals surface area contributed by atoms with Gasteiger partial charge < -0.3 is 31.2 Å². The van der Waals surface area contributed by atoms with E-state index in [-0.39, 0.29) is 35.2 Å². The molecule has 4 heterocycles. The second-order valence-electron chi connectivity index (χ2n) is 14.4. The SMILES string of the molecule is C#Cc1ccc(F)cc1.O=C1NCCNc2c(C#Cc3ccc(F)cc3)cccc21.O=C1NCCNc2c(I)cccc21.O=C1NCCn2c(-c3ccc(F)cc3)cc3cccc1c32. The minimum Gasteiger partial charge on any atom is -0.382 e. The van der Waals surface area contributed by atoms with Crippen LogP contribution in [-0.4, -0.2) is 55.0 Å². The zero-order chi connectivity index (χ0) is 45.0. The quantitative estimate of drug-likeness (QED) is 0.0834. The number of benzene rings is 6. The predicted molar refractivity (Wildman–Crippen MR) is 254 cm³/mol. The van der Waals surface area contributed by atoms with E-state index in [0.29, 0.717) is 49.4 Å².